The number of hydrogen-bond donors (Lipinski definition) is 1. The minimum absolute atomic E-state index is 0.00983. The number of hydrogen-bond acceptors (Lipinski definition) is 5. The predicted octanol–water partition coefficient (Wildman–Crippen LogP) is 2.48. The van der Waals surface area contributed by atoms with Crippen LogP contribution in [0, 0.1) is 0 Å². The summed E-state index contributed by atoms with van der Waals surface area (Å²) in [4.78, 5) is 31.5. The molecule has 118 valence electrons. The van der Waals surface area contributed by atoms with Gasteiger partial charge in [0, 0.05) is 11.8 Å². The van der Waals surface area contributed by atoms with E-state index >= 15 is 0 Å². The van der Waals surface area contributed by atoms with E-state index in [1.165, 1.54) is 16.7 Å². The van der Waals surface area contributed by atoms with Gasteiger partial charge in [0.25, 0.3) is 5.91 Å². The van der Waals surface area contributed by atoms with Gasteiger partial charge in [0.1, 0.15) is 12.3 Å². The standard InChI is InChI=1S/C16H15N3O3S/c1-23-14-8-12(6-7-17-14)19-15(21)10-18(16(19)22)9-11-4-2-3-5-13(11)20/h2-8,20H,9-10H2,1H3. The zero-order chi connectivity index (χ0) is 16.4. The maximum Gasteiger partial charge on any atom is 0.332 e. The Bertz CT molecular complexity index is 766. The van der Waals surface area contributed by atoms with Crippen LogP contribution in [0.15, 0.2) is 47.6 Å². The van der Waals surface area contributed by atoms with Gasteiger partial charge in [-0.05, 0) is 24.5 Å². The number of anilines is 1. The molecule has 0 spiro atoms. The number of phenols is 1. The number of urea groups is 1. The molecule has 1 fully saturated rings. The quantitative estimate of drug-likeness (QED) is 0.689. The Morgan fingerprint density at radius 3 is 2.78 bits per heavy atom. The van der Waals surface area contributed by atoms with Crippen LogP contribution in [-0.2, 0) is 11.3 Å². The summed E-state index contributed by atoms with van der Waals surface area (Å²) < 4.78 is 0. The summed E-state index contributed by atoms with van der Waals surface area (Å²) in [5.41, 5.74) is 1.12. The van der Waals surface area contributed by atoms with Crippen molar-refractivity contribution in [3.8, 4) is 5.75 Å². The highest BCUT2D eigenvalue weighted by atomic mass is 32.2. The summed E-state index contributed by atoms with van der Waals surface area (Å²) >= 11 is 1.44. The second-order valence-corrected chi connectivity index (χ2v) is 5.88. The SMILES string of the molecule is CSc1cc(N2C(=O)CN(Cc3ccccc3O)C2=O)ccn1. The van der Waals surface area contributed by atoms with Crippen molar-refractivity contribution < 1.29 is 14.7 Å². The Morgan fingerprint density at radius 1 is 1.26 bits per heavy atom. The van der Waals surface area contributed by atoms with Crippen molar-refractivity contribution in [1.82, 2.24) is 9.88 Å². The second kappa shape index (κ2) is 6.29. The van der Waals surface area contributed by atoms with E-state index in [1.807, 2.05) is 6.26 Å². The van der Waals surface area contributed by atoms with Crippen molar-refractivity contribution >= 4 is 29.4 Å². The fourth-order valence-corrected chi connectivity index (χ4v) is 2.83. The highest BCUT2D eigenvalue weighted by Crippen LogP contribution is 2.26. The molecular formula is C16H15N3O3S. The lowest BCUT2D eigenvalue weighted by Gasteiger charge is -2.17. The van der Waals surface area contributed by atoms with E-state index in [-0.39, 0.29) is 24.7 Å². The topological polar surface area (TPSA) is 73.7 Å². The first-order valence-corrected chi connectivity index (χ1v) is 8.21. The van der Waals surface area contributed by atoms with Crippen LogP contribution in [0.4, 0.5) is 10.5 Å². The zero-order valence-corrected chi connectivity index (χ0v) is 13.3. The molecule has 1 aliphatic heterocycles. The Kier molecular flexibility index (Phi) is 4.20. The highest BCUT2D eigenvalue weighted by Gasteiger charge is 2.37. The fraction of sp³-hybridized carbons (Fsp3) is 0.188. The number of thioether (sulfide) groups is 1. The molecule has 0 saturated carbocycles. The molecule has 1 aliphatic rings. The van der Waals surface area contributed by atoms with E-state index in [2.05, 4.69) is 4.98 Å². The van der Waals surface area contributed by atoms with Crippen LogP contribution in [0.2, 0.25) is 0 Å². The van der Waals surface area contributed by atoms with E-state index < -0.39 is 6.03 Å². The van der Waals surface area contributed by atoms with Gasteiger partial charge < -0.3 is 10.0 Å². The van der Waals surface area contributed by atoms with Crippen LogP contribution >= 0.6 is 11.8 Å². The van der Waals surface area contributed by atoms with Crippen molar-refractivity contribution in [3.63, 3.8) is 0 Å². The van der Waals surface area contributed by atoms with Gasteiger partial charge in [-0.25, -0.2) is 14.7 Å². The fourth-order valence-electron chi connectivity index (χ4n) is 2.43. The van der Waals surface area contributed by atoms with Crippen molar-refractivity contribution in [2.24, 2.45) is 0 Å². The van der Waals surface area contributed by atoms with E-state index in [4.69, 9.17) is 0 Å². The van der Waals surface area contributed by atoms with Crippen LogP contribution in [0.3, 0.4) is 0 Å². The largest absolute Gasteiger partial charge is 0.508 e. The number of aromatic hydroxyl groups is 1. The molecule has 2 heterocycles. The van der Waals surface area contributed by atoms with Crippen LogP contribution in [0.5, 0.6) is 5.75 Å². The monoisotopic (exact) mass is 329 g/mol. The van der Waals surface area contributed by atoms with Crippen molar-refractivity contribution in [2.75, 3.05) is 17.7 Å². The molecule has 23 heavy (non-hydrogen) atoms. The first-order valence-electron chi connectivity index (χ1n) is 6.99. The van der Waals surface area contributed by atoms with E-state index in [1.54, 1.807) is 42.6 Å². The van der Waals surface area contributed by atoms with Crippen LogP contribution in [0.25, 0.3) is 0 Å². The Morgan fingerprint density at radius 2 is 2.04 bits per heavy atom. The first kappa shape index (κ1) is 15.4. The molecule has 0 unspecified atom stereocenters. The average molecular weight is 329 g/mol. The zero-order valence-electron chi connectivity index (χ0n) is 12.5. The van der Waals surface area contributed by atoms with Gasteiger partial charge >= 0.3 is 6.03 Å². The normalized spacial score (nSPS) is 14.7. The van der Waals surface area contributed by atoms with Crippen molar-refractivity contribution in [1.29, 1.82) is 0 Å². The molecule has 3 rings (SSSR count). The predicted molar refractivity (Wildman–Crippen MR) is 87.4 cm³/mol. The van der Waals surface area contributed by atoms with Gasteiger partial charge in [0.15, 0.2) is 0 Å². The molecule has 3 amide bonds. The van der Waals surface area contributed by atoms with Crippen LogP contribution < -0.4 is 4.90 Å². The summed E-state index contributed by atoms with van der Waals surface area (Å²) in [7, 11) is 0. The number of aromatic nitrogens is 1. The third-order valence-electron chi connectivity index (χ3n) is 3.58. The number of amides is 3. The maximum absolute atomic E-state index is 12.6. The van der Waals surface area contributed by atoms with Gasteiger partial charge in [0.2, 0.25) is 0 Å². The lowest BCUT2D eigenvalue weighted by Crippen LogP contribution is -2.32. The molecule has 2 aromatic rings. The van der Waals surface area contributed by atoms with Gasteiger partial charge in [-0.1, -0.05) is 18.2 Å². The van der Waals surface area contributed by atoms with Gasteiger partial charge in [0.05, 0.1) is 17.3 Å². The number of para-hydroxylation sites is 1. The third kappa shape index (κ3) is 3.00. The highest BCUT2D eigenvalue weighted by molar-refractivity contribution is 7.98. The summed E-state index contributed by atoms with van der Waals surface area (Å²) in [6, 6.07) is 9.74. The van der Waals surface area contributed by atoms with E-state index in [0.29, 0.717) is 11.3 Å². The molecule has 6 nitrogen and oxygen atoms in total. The van der Waals surface area contributed by atoms with Crippen molar-refractivity contribution in [3.05, 3.63) is 48.2 Å². The number of imide groups is 1. The minimum Gasteiger partial charge on any atom is -0.508 e. The molecule has 0 radical (unpaired) electrons. The molecule has 1 saturated heterocycles. The van der Waals surface area contributed by atoms with Crippen molar-refractivity contribution in [2.45, 2.75) is 11.6 Å². The summed E-state index contributed by atoms with van der Waals surface area (Å²) in [5, 5.41) is 10.6. The lowest BCUT2D eigenvalue weighted by atomic mass is 10.2. The average Bonchev–Trinajstić information content (AvgIpc) is 2.83. The van der Waals surface area contributed by atoms with E-state index in [0.717, 1.165) is 9.93 Å². The van der Waals surface area contributed by atoms with E-state index in [9.17, 15) is 14.7 Å². The smallest absolute Gasteiger partial charge is 0.332 e. The summed E-state index contributed by atoms with van der Waals surface area (Å²) in [5.74, 6) is -0.177. The minimum atomic E-state index is -0.392. The molecular weight excluding hydrogens is 314 g/mol. The van der Waals surface area contributed by atoms with Gasteiger partial charge in [-0.2, -0.15) is 0 Å². The number of rotatable bonds is 4. The number of pyridine rings is 1. The Labute approximate surface area is 137 Å². The van der Waals surface area contributed by atoms with Gasteiger partial charge in [-0.3, -0.25) is 4.79 Å². The summed E-state index contributed by atoms with van der Waals surface area (Å²) in [6.07, 6.45) is 3.46. The molecule has 0 aliphatic carbocycles. The van der Waals surface area contributed by atoms with Gasteiger partial charge in [-0.15, -0.1) is 11.8 Å². The molecule has 0 bridgehead atoms. The Hall–Kier alpha value is -2.54. The molecule has 1 N–H and O–H groups in total. The second-order valence-electron chi connectivity index (χ2n) is 5.05. The number of carbonyl (C=O) groups is 2. The maximum atomic E-state index is 12.6. The number of benzene rings is 1. The molecule has 1 aromatic carbocycles. The molecule has 1 aromatic heterocycles. The molecule has 7 heteroatoms. The number of carbonyl (C=O) groups excluding carboxylic acids is 2. The number of phenolic OH excluding ortho intramolecular Hbond substituents is 1. The first-order chi connectivity index (χ1) is 11.1. The van der Waals surface area contributed by atoms with Crippen LogP contribution in [-0.4, -0.2) is 39.7 Å². The van der Waals surface area contributed by atoms with Crippen LogP contribution in [0.1, 0.15) is 5.56 Å². The summed E-state index contributed by atoms with van der Waals surface area (Å²) in [6.45, 7) is 0.179. The Balaban J connectivity index is 1.84. The number of nitrogens with zero attached hydrogens (tertiary/aromatic N) is 3. The molecule has 0 atom stereocenters. The third-order valence-corrected chi connectivity index (χ3v) is 4.22. The lowest BCUT2D eigenvalue weighted by molar-refractivity contribution is -0.116.